The van der Waals surface area contributed by atoms with Crippen molar-refractivity contribution < 1.29 is 0 Å². The van der Waals surface area contributed by atoms with E-state index < -0.39 is 0 Å². The SMILES string of the molecule is CCCNC(CN1CCCC(C)(C)C1)C(C)C. The van der Waals surface area contributed by atoms with Gasteiger partial charge in [-0.2, -0.15) is 0 Å². The van der Waals surface area contributed by atoms with Crippen LogP contribution in [0.25, 0.3) is 0 Å². The monoisotopic (exact) mass is 240 g/mol. The van der Waals surface area contributed by atoms with E-state index in [1.54, 1.807) is 0 Å². The van der Waals surface area contributed by atoms with E-state index in [-0.39, 0.29) is 0 Å². The standard InChI is InChI=1S/C15H32N2/c1-6-9-16-14(13(2)3)11-17-10-7-8-15(4,5)12-17/h13-14,16H,6-12H2,1-5H3. The van der Waals surface area contributed by atoms with E-state index in [2.05, 4.69) is 44.8 Å². The zero-order valence-corrected chi connectivity index (χ0v) is 12.6. The van der Waals surface area contributed by atoms with Crippen LogP contribution in [0.1, 0.15) is 53.9 Å². The highest BCUT2D eigenvalue weighted by Crippen LogP contribution is 2.28. The normalized spacial score (nSPS) is 22.9. The third-order valence-electron chi connectivity index (χ3n) is 3.90. The van der Waals surface area contributed by atoms with Gasteiger partial charge in [0, 0.05) is 19.1 Å². The summed E-state index contributed by atoms with van der Waals surface area (Å²) >= 11 is 0. The molecular weight excluding hydrogens is 208 g/mol. The molecule has 0 radical (unpaired) electrons. The highest BCUT2D eigenvalue weighted by molar-refractivity contribution is 4.83. The number of nitrogens with one attached hydrogen (secondary N) is 1. The Hall–Kier alpha value is -0.0800. The van der Waals surface area contributed by atoms with Gasteiger partial charge in [-0.25, -0.2) is 0 Å². The summed E-state index contributed by atoms with van der Waals surface area (Å²) < 4.78 is 0. The molecule has 1 atom stereocenters. The number of likely N-dealkylation sites (tertiary alicyclic amines) is 1. The van der Waals surface area contributed by atoms with Gasteiger partial charge in [0.1, 0.15) is 0 Å². The Kier molecular flexibility index (Phi) is 5.94. The summed E-state index contributed by atoms with van der Waals surface area (Å²) in [6.07, 6.45) is 3.98. The summed E-state index contributed by atoms with van der Waals surface area (Å²) in [5.74, 6) is 0.728. The summed E-state index contributed by atoms with van der Waals surface area (Å²) in [6.45, 7) is 16.7. The Morgan fingerprint density at radius 3 is 2.53 bits per heavy atom. The first-order valence-corrected chi connectivity index (χ1v) is 7.40. The maximum atomic E-state index is 3.70. The molecule has 0 amide bonds. The lowest BCUT2D eigenvalue weighted by atomic mass is 9.84. The van der Waals surface area contributed by atoms with Gasteiger partial charge in [0.05, 0.1) is 0 Å². The third-order valence-corrected chi connectivity index (χ3v) is 3.90. The van der Waals surface area contributed by atoms with Crippen molar-refractivity contribution in [1.82, 2.24) is 10.2 Å². The molecule has 102 valence electrons. The Morgan fingerprint density at radius 1 is 1.29 bits per heavy atom. The van der Waals surface area contributed by atoms with Crippen LogP contribution in [0.4, 0.5) is 0 Å². The van der Waals surface area contributed by atoms with E-state index in [9.17, 15) is 0 Å². The highest BCUT2D eigenvalue weighted by Gasteiger charge is 2.28. The zero-order chi connectivity index (χ0) is 12.9. The number of rotatable bonds is 6. The fourth-order valence-electron chi connectivity index (χ4n) is 2.82. The fourth-order valence-corrected chi connectivity index (χ4v) is 2.82. The minimum Gasteiger partial charge on any atom is -0.312 e. The molecule has 17 heavy (non-hydrogen) atoms. The molecule has 1 N–H and O–H groups in total. The molecule has 1 saturated heterocycles. The van der Waals surface area contributed by atoms with Crippen LogP contribution in [0.3, 0.4) is 0 Å². The van der Waals surface area contributed by atoms with Crippen molar-refractivity contribution in [3.63, 3.8) is 0 Å². The van der Waals surface area contributed by atoms with Crippen molar-refractivity contribution in [2.45, 2.75) is 59.9 Å². The van der Waals surface area contributed by atoms with Gasteiger partial charge >= 0.3 is 0 Å². The summed E-state index contributed by atoms with van der Waals surface area (Å²) in [5.41, 5.74) is 0.518. The predicted octanol–water partition coefficient (Wildman–Crippen LogP) is 3.13. The largest absolute Gasteiger partial charge is 0.312 e. The van der Waals surface area contributed by atoms with E-state index in [1.807, 2.05) is 0 Å². The van der Waals surface area contributed by atoms with Crippen LogP contribution in [0.2, 0.25) is 0 Å². The molecule has 0 saturated carbocycles. The Labute approximate surface area is 108 Å². The van der Waals surface area contributed by atoms with Gasteiger partial charge in [-0.3, -0.25) is 0 Å². The average molecular weight is 240 g/mol. The van der Waals surface area contributed by atoms with Crippen molar-refractivity contribution in [3.05, 3.63) is 0 Å². The Morgan fingerprint density at radius 2 is 2.00 bits per heavy atom. The molecule has 0 bridgehead atoms. The third kappa shape index (κ3) is 5.39. The number of piperidine rings is 1. The molecule has 1 aliphatic rings. The summed E-state index contributed by atoms with van der Waals surface area (Å²) in [7, 11) is 0. The molecule has 1 fully saturated rings. The second kappa shape index (κ2) is 6.75. The first kappa shape index (κ1) is 15.0. The lowest BCUT2D eigenvalue weighted by Crippen LogP contribution is -2.49. The van der Waals surface area contributed by atoms with Crippen molar-refractivity contribution >= 4 is 0 Å². The molecule has 1 rings (SSSR count). The van der Waals surface area contributed by atoms with E-state index in [0.29, 0.717) is 11.5 Å². The summed E-state index contributed by atoms with van der Waals surface area (Å²) in [4.78, 5) is 2.66. The van der Waals surface area contributed by atoms with Crippen molar-refractivity contribution in [2.75, 3.05) is 26.2 Å². The summed E-state index contributed by atoms with van der Waals surface area (Å²) in [6, 6.07) is 0.656. The molecule has 2 nitrogen and oxygen atoms in total. The van der Waals surface area contributed by atoms with Gasteiger partial charge in [0.25, 0.3) is 0 Å². The quantitative estimate of drug-likeness (QED) is 0.767. The topological polar surface area (TPSA) is 15.3 Å². The highest BCUT2D eigenvalue weighted by atomic mass is 15.2. The predicted molar refractivity (Wildman–Crippen MR) is 76.4 cm³/mol. The lowest BCUT2D eigenvalue weighted by Gasteiger charge is -2.40. The number of hydrogen-bond donors (Lipinski definition) is 1. The number of nitrogens with zero attached hydrogens (tertiary/aromatic N) is 1. The maximum absolute atomic E-state index is 3.70. The van der Waals surface area contributed by atoms with Crippen LogP contribution >= 0.6 is 0 Å². The van der Waals surface area contributed by atoms with Crippen LogP contribution in [0.15, 0.2) is 0 Å². The minimum absolute atomic E-state index is 0.518. The molecule has 1 unspecified atom stereocenters. The van der Waals surface area contributed by atoms with Crippen LogP contribution in [0, 0.1) is 11.3 Å². The first-order valence-electron chi connectivity index (χ1n) is 7.40. The zero-order valence-electron chi connectivity index (χ0n) is 12.6. The van der Waals surface area contributed by atoms with Crippen LogP contribution in [-0.2, 0) is 0 Å². The molecule has 1 heterocycles. The molecule has 2 heteroatoms. The van der Waals surface area contributed by atoms with Crippen LogP contribution in [0.5, 0.6) is 0 Å². The van der Waals surface area contributed by atoms with Crippen LogP contribution < -0.4 is 5.32 Å². The molecule has 0 spiro atoms. The minimum atomic E-state index is 0.518. The van der Waals surface area contributed by atoms with E-state index in [0.717, 1.165) is 12.5 Å². The van der Waals surface area contributed by atoms with Gasteiger partial charge in [0.2, 0.25) is 0 Å². The summed E-state index contributed by atoms with van der Waals surface area (Å²) in [5, 5.41) is 3.70. The van der Waals surface area contributed by atoms with E-state index in [4.69, 9.17) is 0 Å². The second-order valence-corrected chi connectivity index (χ2v) is 6.81. The first-order chi connectivity index (χ1) is 7.94. The molecule has 0 aromatic carbocycles. The molecule has 0 aliphatic carbocycles. The van der Waals surface area contributed by atoms with Gasteiger partial charge in [-0.1, -0.05) is 34.6 Å². The van der Waals surface area contributed by atoms with Gasteiger partial charge in [-0.15, -0.1) is 0 Å². The van der Waals surface area contributed by atoms with Crippen LogP contribution in [-0.4, -0.2) is 37.1 Å². The van der Waals surface area contributed by atoms with Crippen molar-refractivity contribution in [2.24, 2.45) is 11.3 Å². The van der Waals surface area contributed by atoms with Gasteiger partial charge in [-0.05, 0) is 43.7 Å². The molecule has 1 aliphatic heterocycles. The average Bonchev–Trinajstić information content (AvgIpc) is 2.22. The Balaban J connectivity index is 2.43. The second-order valence-electron chi connectivity index (χ2n) is 6.81. The van der Waals surface area contributed by atoms with Crippen molar-refractivity contribution in [3.8, 4) is 0 Å². The molecule has 0 aromatic rings. The molecule has 0 aromatic heterocycles. The fraction of sp³-hybridized carbons (Fsp3) is 1.00. The van der Waals surface area contributed by atoms with E-state index >= 15 is 0 Å². The van der Waals surface area contributed by atoms with Gasteiger partial charge in [0.15, 0.2) is 0 Å². The lowest BCUT2D eigenvalue weighted by molar-refractivity contribution is 0.101. The van der Waals surface area contributed by atoms with Gasteiger partial charge < -0.3 is 10.2 Å². The van der Waals surface area contributed by atoms with Crippen molar-refractivity contribution in [1.29, 1.82) is 0 Å². The Bertz CT molecular complexity index is 211. The maximum Gasteiger partial charge on any atom is 0.0217 e. The molecular formula is C15H32N2. The smallest absolute Gasteiger partial charge is 0.0217 e. The van der Waals surface area contributed by atoms with E-state index in [1.165, 1.54) is 38.9 Å². The number of hydrogen-bond acceptors (Lipinski definition) is 2.